The average molecular weight is 379 g/mol. The quantitative estimate of drug-likeness (QED) is 0.887. The number of aryl methyl sites for hydroxylation is 1. The molecule has 2 aliphatic rings. The zero-order valence-electron chi connectivity index (χ0n) is 15.0. The second-order valence-electron chi connectivity index (χ2n) is 7.48. The molecule has 0 radical (unpaired) electrons. The highest BCUT2D eigenvalue weighted by molar-refractivity contribution is 6.31. The largest absolute Gasteiger partial charge is 0.353 e. The Hall–Kier alpha value is -1.82. The molecule has 2 aromatic rings. The van der Waals surface area contributed by atoms with Gasteiger partial charge in [0.25, 0.3) is 0 Å². The maximum atomic E-state index is 13.8. The van der Waals surface area contributed by atoms with Crippen molar-refractivity contribution < 1.29 is 9.18 Å². The van der Waals surface area contributed by atoms with E-state index in [1.165, 1.54) is 18.9 Å². The van der Waals surface area contributed by atoms with Gasteiger partial charge in [0.05, 0.1) is 16.1 Å². The van der Waals surface area contributed by atoms with Crippen LogP contribution in [0.25, 0.3) is 11.0 Å². The molecule has 1 aliphatic heterocycles. The van der Waals surface area contributed by atoms with Crippen molar-refractivity contribution in [1.29, 1.82) is 0 Å². The Morgan fingerprint density at radius 1 is 1.23 bits per heavy atom. The number of nitrogens with one attached hydrogen (secondary N) is 1. The normalized spacial score (nSPS) is 19.4. The first-order valence-electron chi connectivity index (χ1n) is 9.39. The zero-order chi connectivity index (χ0) is 18.3. The van der Waals surface area contributed by atoms with Gasteiger partial charge in [-0.1, -0.05) is 24.4 Å². The van der Waals surface area contributed by atoms with Crippen molar-refractivity contribution in [1.82, 2.24) is 14.9 Å². The van der Waals surface area contributed by atoms with Gasteiger partial charge in [0.2, 0.25) is 11.9 Å². The molecule has 0 atom stereocenters. The molecule has 1 aliphatic carbocycles. The number of imidazole rings is 1. The number of carbonyl (C=O) groups is 1. The molecule has 26 heavy (non-hydrogen) atoms. The summed E-state index contributed by atoms with van der Waals surface area (Å²) in [4.78, 5) is 19.3. The van der Waals surface area contributed by atoms with Crippen LogP contribution in [0.4, 0.5) is 10.3 Å². The molecule has 1 saturated heterocycles. The Balaban J connectivity index is 1.43. The number of nitrogens with zero attached hydrogens (tertiary/aromatic N) is 3. The van der Waals surface area contributed by atoms with Crippen LogP contribution in [-0.2, 0) is 11.8 Å². The SMILES string of the molecule is Cn1c(N2CCC(C(=O)NC3CCCC3)CC2)nc2cc(Cl)c(F)cc21. The molecule has 0 unspecified atom stereocenters. The Labute approximate surface area is 157 Å². The number of aromatic nitrogens is 2. The van der Waals surface area contributed by atoms with Crippen molar-refractivity contribution in [2.24, 2.45) is 13.0 Å². The molecule has 1 N–H and O–H groups in total. The first-order valence-corrected chi connectivity index (χ1v) is 9.77. The van der Waals surface area contributed by atoms with Crippen LogP contribution in [0.1, 0.15) is 38.5 Å². The maximum absolute atomic E-state index is 13.8. The van der Waals surface area contributed by atoms with E-state index >= 15 is 0 Å². The third-order valence-corrected chi connectivity index (χ3v) is 6.04. The number of carbonyl (C=O) groups excluding carboxylic acids is 1. The van der Waals surface area contributed by atoms with Gasteiger partial charge in [-0.2, -0.15) is 0 Å². The molecule has 1 saturated carbocycles. The molecule has 2 heterocycles. The highest BCUT2D eigenvalue weighted by Gasteiger charge is 2.29. The van der Waals surface area contributed by atoms with Crippen molar-refractivity contribution >= 4 is 34.5 Å². The number of halogens is 2. The Morgan fingerprint density at radius 3 is 2.62 bits per heavy atom. The van der Waals surface area contributed by atoms with Gasteiger partial charge in [0.1, 0.15) is 5.82 Å². The van der Waals surface area contributed by atoms with E-state index < -0.39 is 5.82 Å². The van der Waals surface area contributed by atoms with Gasteiger partial charge in [0.15, 0.2) is 0 Å². The van der Waals surface area contributed by atoms with Crippen LogP contribution >= 0.6 is 11.6 Å². The topological polar surface area (TPSA) is 50.2 Å². The highest BCUT2D eigenvalue weighted by Crippen LogP contribution is 2.29. The van der Waals surface area contributed by atoms with Crippen LogP contribution in [0.3, 0.4) is 0 Å². The van der Waals surface area contributed by atoms with E-state index in [2.05, 4.69) is 15.2 Å². The van der Waals surface area contributed by atoms with Crippen LogP contribution in [0.5, 0.6) is 0 Å². The summed E-state index contributed by atoms with van der Waals surface area (Å²) in [5.41, 5.74) is 1.41. The molecule has 1 amide bonds. The molecule has 1 aromatic carbocycles. The maximum Gasteiger partial charge on any atom is 0.223 e. The van der Waals surface area contributed by atoms with Crippen LogP contribution in [0, 0.1) is 11.7 Å². The van der Waals surface area contributed by atoms with Gasteiger partial charge < -0.3 is 14.8 Å². The summed E-state index contributed by atoms with van der Waals surface area (Å²) in [7, 11) is 1.89. The van der Waals surface area contributed by atoms with Crippen LogP contribution < -0.4 is 10.2 Å². The summed E-state index contributed by atoms with van der Waals surface area (Å²) in [6, 6.07) is 3.37. The predicted octanol–water partition coefficient (Wildman–Crippen LogP) is 3.64. The molecular weight excluding hydrogens is 355 g/mol. The summed E-state index contributed by atoms with van der Waals surface area (Å²) in [6.45, 7) is 1.55. The molecule has 140 valence electrons. The molecule has 0 bridgehead atoms. The summed E-state index contributed by atoms with van der Waals surface area (Å²) in [5, 5.41) is 3.30. The Bertz CT molecular complexity index is 823. The minimum Gasteiger partial charge on any atom is -0.353 e. The second kappa shape index (κ2) is 7.06. The number of anilines is 1. The molecule has 4 rings (SSSR count). The standard InChI is InChI=1S/C19H24ClFN4O/c1-24-17-11-15(21)14(20)10-16(17)23-19(24)25-8-6-12(7-9-25)18(26)22-13-4-2-3-5-13/h10-13H,2-9H2,1H3,(H,22,26). The minimum absolute atomic E-state index is 0.0772. The number of fused-ring (bicyclic) bond motifs is 1. The molecule has 0 spiro atoms. The Morgan fingerprint density at radius 2 is 1.92 bits per heavy atom. The first kappa shape index (κ1) is 17.6. The summed E-state index contributed by atoms with van der Waals surface area (Å²) >= 11 is 5.88. The lowest BCUT2D eigenvalue weighted by atomic mass is 9.95. The van der Waals surface area contributed by atoms with Gasteiger partial charge in [-0.25, -0.2) is 9.37 Å². The molecule has 1 aromatic heterocycles. The third-order valence-electron chi connectivity index (χ3n) is 5.75. The van der Waals surface area contributed by atoms with Crippen LogP contribution in [0.15, 0.2) is 12.1 Å². The van der Waals surface area contributed by atoms with E-state index in [-0.39, 0.29) is 16.8 Å². The fourth-order valence-corrected chi connectivity index (χ4v) is 4.35. The van der Waals surface area contributed by atoms with E-state index in [0.717, 1.165) is 50.2 Å². The first-order chi connectivity index (χ1) is 12.5. The smallest absolute Gasteiger partial charge is 0.223 e. The number of amides is 1. The minimum atomic E-state index is -0.434. The second-order valence-corrected chi connectivity index (χ2v) is 7.88. The van der Waals surface area contributed by atoms with Gasteiger partial charge in [-0.15, -0.1) is 0 Å². The van der Waals surface area contributed by atoms with Crippen LogP contribution in [0.2, 0.25) is 5.02 Å². The fourth-order valence-electron chi connectivity index (χ4n) is 4.19. The van der Waals surface area contributed by atoms with Crippen molar-refractivity contribution in [3.8, 4) is 0 Å². The Kier molecular flexibility index (Phi) is 4.78. The summed E-state index contributed by atoms with van der Waals surface area (Å²) in [5.74, 6) is 0.649. The van der Waals surface area contributed by atoms with E-state index in [1.54, 1.807) is 6.07 Å². The van der Waals surface area contributed by atoms with E-state index in [4.69, 9.17) is 11.6 Å². The number of benzene rings is 1. The lowest BCUT2D eigenvalue weighted by Gasteiger charge is -2.32. The summed E-state index contributed by atoms with van der Waals surface area (Å²) in [6.07, 6.45) is 6.31. The number of rotatable bonds is 3. The van der Waals surface area contributed by atoms with E-state index in [1.807, 2.05) is 11.6 Å². The van der Waals surface area contributed by atoms with Gasteiger partial charge >= 0.3 is 0 Å². The van der Waals surface area contributed by atoms with E-state index in [0.29, 0.717) is 11.6 Å². The molecule has 7 heteroatoms. The van der Waals surface area contributed by atoms with Gasteiger partial charge in [-0.05, 0) is 31.7 Å². The molecule has 5 nitrogen and oxygen atoms in total. The van der Waals surface area contributed by atoms with Crippen molar-refractivity contribution in [3.05, 3.63) is 23.0 Å². The number of hydrogen-bond donors (Lipinski definition) is 1. The average Bonchev–Trinajstić information content (AvgIpc) is 3.25. The van der Waals surface area contributed by atoms with Gasteiger partial charge in [-0.3, -0.25) is 4.79 Å². The fraction of sp³-hybridized carbons (Fsp3) is 0.579. The monoisotopic (exact) mass is 378 g/mol. The lowest BCUT2D eigenvalue weighted by molar-refractivity contribution is -0.126. The third kappa shape index (κ3) is 3.27. The molecule has 2 fully saturated rings. The molecular formula is C19H24ClFN4O. The van der Waals surface area contributed by atoms with Crippen molar-refractivity contribution in [2.45, 2.75) is 44.6 Å². The zero-order valence-corrected chi connectivity index (χ0v) is 15.7. The van der Waals surface area contributed by atoms with Crippen molar-refractivity contribution in [2.75, 3.05) is 18.0 Å². The van der Waals surface area contributed by atoms with Crippen LogP contribution in [-0.4, -0.2) is 34.6 Å². The lowest BCUT2D eigenvalue weighted by Crippen LogP contribution is -2.43. The van der Waals surface area contributed by atoms with Gasteiger partial charge in [0, 0.05) is 38.2 Å². The predicted molar refractivity (Wildman–Crippen MR) is 101 cm³/mol. The number of piperidine rings is 1. The highest BCUT2D eigenvalue weighted by atomic mass is 35.5. The number of hydrogen-bond acceptors (Lipinski definition) is 3. The van der Waals surface area contributed by atoms with E-state index in [9.17, 15) is 9.18 Å². The van der Waals surface area contributed by atoms with Crippen molar-refractivity contribution in [3.63, 3.8) is 0 Å². The summed E-state index contributed by atoms with van der Waals surface area (Å²) < 4.78 is 15.7.